The number of rotatable bonds is 4. The lowest BCUT2D eigenvalue weighted by atomic mass is 9.92. The molecule has 1 heterocycles. The fourth-order valence-electron chi connectivity index (χ4n) is 2.93. The Morgan fingerprint density at radius 1 is 1.00 bits per heavy atom. The highest BCUT2D eigenvalue weighted by Crippen LogP contribution is 2.25. The molecule has 0 fully saturated rings. The van der Waals surface area contributed by atoms with E-state index in [-0.39, 0.29) is 0 Å². The zero-order valence-electron chi connectivity index (χ0n) is 13.6. The van der Waals surface area contributed by atoms with Crippen LogP contribution in [0, 0.1) is 27.7 Å². The molecule has 2 aromatic rings. The summed E-state index contributed by atoms with van der Waals surface area (Å²) in [5, 5.41) is 19.0. The van der Waals surface area contributed by atoms with E-state index >= 15 is 0 Å². The Kier molecular flexibility index (Phi) is 4.73. The molecule has 0 amide bonds. The molecule has 112 valence electrons. The summed E-state index contributed by atoms with van der Waals surface area (Å²) in [6.45, 7) is 10.3. The van der Waals surface area contributed by atoms with Crippen molar-refractivity contribution >= 4 is 0 Å². The van der Waals surface area contributed by atoms with E-state index in [0.717, 1.165) is 23.4 Å². The van der Waals surface area contributed by atoms with Gasteiger partial charge in [0.05, 0.1) is 17.5 Å². The van der Waals surface area contributed by atoms with Gasteiger partial charge in [-0.15, -0.1) is 0 Å². The van der Waals surface area contributed by atoms with Crippen LogP contribution in [0.3, 0.4) is 0 Å². The van der Waals surface area contributed by atoms with E-state index in [4.69, 9.17) is 0 Å². The average Bonchev–Trinajstić information content (AvgIpc) is 2.42. The van der Waals surface area contributed by atoms with Crippen molar-refractivity contribution in [2.45, 2.75) is 53.6 Å². The van der Waals surface area contributed by atoms with Gasteiger partial charge in [-0.3, -0.25) is 0 Å². The van der Waals surface area contributed by atoms with Gasteiger partial charge < -0.3 is 5.11 Å². The van der Waals surface area contributed by atoms with Crippen molar-refractivity contribution in [2.24, 2.45) is 0 Å². The second kappa shape index (κ2) is 6.35. The molecule has 0 aliphatic carbocycles. The van der Waals surface area contributed by atoms with Crippen molar-refractivity contribution in [3.63, 3.8) is 0 Å². The topological polar surface area (TPSA) is 46.0 Å². The van der Waals surface area contributed by atoms with Crippen molar-refractivity contribution < 1.29 is 5.11 Å². The number of hydrogen-bond acceptors (Lipinski definition) is 3. The quantitative estimate of drug-likeness (QED) is 0.934. The fraction of sp³-hybridized carbons (Fsp3) is 0.444. The van der Waals surface area contributed by atoms with Crippen LogP contribution in [-0.4, -0.2) is 15.3 Å². The largest absolute Gasteiger partial charge is 0.388 e. The van der Waals surface area contributed by atoms with Gasteiger partial charge in [-0.2, -0.15) is 10.2 Å². The maximum atomic E-state index is 10.7. The molecule has 0 spiro atoms. The third kappa shape index (κ3) is 3.48. The first-order valence-electron chi connectivity index (χ1n) is 7.50. The predicted octanol–water partition coefficient (Wildman–Crippen LogP) is 3.55. The molecule has 1 aromatic carbocycles. The molecule has 21 heavy (non-hydrogen) atoms. The third-order valence-corrected chi connectivity index (χ3v) is 3.96. The van der Waals surface area contributed by atoms with E-state index in [2.05, 4.69) is 43.1 Å². The van der Waals surface area contributed by atoms with Crippen LogP contribution in [0.25, 0.3) is 0 Å². The summed E-state index contributed by atoms with van der Waals surface area (Å²) < 4.78 is 0. The number of hydrogen-bond donors (Lipinski definition) is 1. The maximum absolute atomic E-state index is 10.7. The van der Waals surface area contributed by atoms with E-state index in [1.807, 2.05) is 19.9 Å². The van der Waals surface area contributed by atoms with Crippen molar-refractivity contribution in [1.82, 2.24) is 10.2 Å². The van der Waals surface area contributed by atoms with Crippen molar-refractivity contribution in [3.8, 4) is 0 Å². The summed E-state index contributed by atoms with van der Waals surface area (Å²) >= 11 is 0. The van der Waals surface area contributed by atoms with Gasteiger partial charge >= 0.3 is 0 Å². The Hall–Kier alpha value is -1.74. The molecule has 1 unspecified atom stereocenters. The lowest BCUT2D eigenvalue weighted by molar-refractivity contribution is 0.176. The van der Waals surface area contributed by atoms with Crippen LogP contribution in [0.15, 0.2) is 18.2 Å². The summed E-state index contributed by atoms with van der Waals surface area (Å²) in [4.78, 5) is 0. The molecule has 1 atom stereocenters. The van der Waals surface area contributed by atoms with Crippen molar-refractivity contribution in [2.75, 3.05) is 0 Å². The van der Waals surface area contributed by atoms with Crippen LogP contribution in [-0.2, 0) is 12.8 Å². The molecule has 2 rings (SSSR count). The molecule has 0 aliphatic heterocycles. The molecule has 0 aliphatic rings. The molecule has 1 N–H and O–H groups in total. The average molecular weight is 284 g/mol. The summed E-state index contributed by atoms with van der Waals surface area (Å²) in [5.41, 5.74) is 7.61. The van der Waals surface area contributed by atoms with Crippen LogP contribution in [0.2, 0.25) is 0 Å². The number of aliphatic hydroxyl groups excluding tert-OH is 1. The van der Waals surface area contributed by atoms with Crippen LogP contribution in [0.5, 0.6) is 0 Å². The van der Waals surface area contributed by atoms with Crippen LogP contribution >= 0.6 is 0 Å². The highest BCUT2D eigenvalue weighted by atomic mass is 16.3. The maximum Gasteiger partial charge on any atom is 0.0849 e. The highest BCUT2D eigenvalue weighted by molar-refractivity contribution is 5.39. The SMILES string of the molecule is CCc1nnc(C)cc1C(O)Cc1c(C)cc(C)cc1C. The van der Waals surface area contributed by atoms with Crippen LogP contribution < -0.4 is 0 Å². The highest BCUT2D eigenvalue weighted by Gasteiger charge is 2.16. The lowest BCUT2D eigenvalue weighted by Crippen LogP contribution is -2.10. The zero-order valence-corrected chi connectivity index (χ0v) is 13.6. The number of aromatic nitrogens is 2. The second-order valence-corrected chi connectivity index (χ2v) is 5.84. The summed E-state index contributed by atoms with van der Waals surface area (Å²) in [6.07, 6.45) is 0.871. The minimum Gasteiger partial charge on any atom is -0.388 e. The van der Waals surface area contributed by atoms with E-state index in [1.165, 1.54) is 22.3 Å². The minimum absolute atomic E-state index is 0.533. The predicted molar refractivity (Wildman–Crippen MR) is 85.5 cm³/mol. The van der Waals surface area contributed by atoms with Gasteiger partial charge in [0.25, 0.3) is 0 Å². The zero-order chi connectivity index (χ0) is 15.6. The standard InChI is InChI=1S/C18H24N2O/c1-6-17-16(9-14(5)19-20-17)18(21)10-15-12(3)7-11(2)8-13(15)4/h7-9,18,21H,6,10H2,1-5H3. The van der Waals surface area contributed by atoms with E-state index in [0.29, 0.717) is 6.42 Å². The van der Waals surface area contributed by atoms with Crippen molar-refractivity contribution in [1.29, 1.82) is 0 Å². The number of benzene rings is 1. The summed E-state index contributed by atoms with van der Waals surface area (Å²) in [5.74, 6) is 0. The molecule has 0 saturated carbocycles. The van der Waals surface area contributed by atoms with E-state index in [9.17, 15) is 5.11 Å². The molecule has 0 bridgehead atoms. The fourth-order valence-corrected chi connectivity index (χ4v) is 2.93. The normalized spacial score (nSPS) is 12.5. The Morgan fingerprint density at radius 2 is 1.62 bits per heavy atom. The third-order valence-electron chi connectivity index (χ3n) is 3.96. The number of aliphatic hydroxyl groups is 1. The van der Waals surface area contributed by atoms with Gasteiger partial charge in [0.2, 0.25) is 0 Å². The van der Waals surface area contributed by atoms with Gasteiger partial charge in [-0.25, -0.2) is 0 Å². The smallest absolute Gasteiger partial charge is 0.0849 e. The lowest BCUT2D eigenvalue weighted by Gasteiger charge is -2.18. The Balaban J connectivity index is 2.34. The molecular weight excluding hydrogens is 260 g/mol. The Morgan fingerprint density at radius 3 is 2.19 bits per heavy atom. The molecular formula is C18H24N2O. The van der Waals surface area contributed by atoms with E-state index < -0.39 is 6.10 Å². The van der Waals surface area contributed by atoms with E-state index in [1.54, 1.807) is 0 Å². The van der Waals surface area contributed by atoms with Gasteiger partial charge in [0, 0.05) is 12.0 Å². The molecule has 1 aromatic heterocycles. The molecule has 3 nitrogen and oxygen atoms in total. The van der Waals surface area contributed by atoms with Crippen LogP contribution in [0.1, 0.15) is 52.2 Å². The number of nitrogens with zero attached hydrogens (tertiary/aromatic N) is 2. The molecule has 0 saturated heterocycles. The summed E-state index contributed by atoms with van der Waals surface area (Å²) in [7, 11) is 0. The minimum atomic E-state index is -0.533. The Labute approximate surface area is 127 Å². The monoisotopic (exact) mass is 284 g/mol. The molecule has 0 radical (unpaired) electrons. The molecule has 3 heteroatoms. The first-order valence-corrected chi connectivity index (χ1v) is 7.50. The second-order valence-electron chi connectivity index (χ2n) is 5.84. The first kappa shape index (κ1) is 15.6. The Bertz CT molecular complexity index is 627. The first-order chi connectivity index (χ1) is 9.92. The van der Waals surface area contributed by atoms with Gasteiger partial charge in [0.1, 0.15) is 0 Å². The van der Waals surface area contributed by atoms with Crippen LogP contribution in [0.4, 0.5) is 0 Å². The summed E-state index contributed by atoms with van der Waals surface area (Å²) in [6, 6.07) is 6.30. The van der Waals surface area contributed by atoms with Gasteiger partial charge in [-0.1, -0.05) is 24.6 Å². The van der Waals surface area contributed by atoms with Gasteiger partial charge in [-0.05, 0) is 56.9 Å². The van der Waals surface area contributed by atoms with Gasteiger partial charge in [0.15, 0.2) is 0 Å². The number of aryl methyl sites for hydroxylation is 5. The van der Waals surface area contributed by atoms with Crippen molar-refractivity contribution in [3.05, 3.63) is 57.4 Å².